The molecule has 3 nitrogen and oxygen atoms in total. The summed E-state index contributed by atoms with van der Waals surface area (Å²) in [6.07, 6.45) is 0.574. The van der Waals surface area contributed by atoms with Crippen LogP contribution in [0.5, 0.6) is 5.75 Å². The van der Waals surface area contributed by atoms with Crippen LogP contribution in [-0.2, 0) is 6.54 Å². The molecule has 3 heteroatoms. The largest absolute Gasteiger partial charge is 0.491 e. The van der Waals surface area contributed by atoms with Gasteiger partial charge < -0.3 is 9.84 Å². The van der Waals surface area contributed by atoms with E-state index in [2.05, 4.69) is 36.1 Å². The van der Waals surface area contributed by atoms with E-state index in [1.165, 1.54) is 11.1 Å². The van der Waals surface area contributed by atoms with E-state index in [4.69, 9.17) is 4.74 Å². The lowest BCUT2D eigenvalue weighted by atomic mass is 10.2. The maximum absolute atomic E-state index is 10.3. The number of nitrogens with zero attached hydrogens (tertiary/aromatic N) is 1. The topological polar surface area (TPSA) is 32.7 Å². The third-order valence-electron chi connectivity index (χ3n) is 3.72. The first-order chi connectivity index (χ1) is 11.2. The van der Waals surface area contributed by atoms with Gasteiger partial charge in [0.1, 0.15) is 18.5 Å². The fourth-order valence-electron chi connectivity index (χ4n) is 2.57. The van der Waals surface area contributed by atoms with E-state index in [9.17, 15) is 5.11 Å². The summed E-state index contributed by atoms with van der Waals surface area (Å²) in [6.45, 7) is 6.97. The molecule has 2 aromatic rings. The van der Waals surface area contributed by atoms with Crippen LogP contribution in [0.25, 0.3) is 0 Å². The van der Waals surface area contributed by atoms with Gasteiger partial charge in [0.25, 0.3) is 0 Å². The van der Waals surface area contributed by atoms with Crippen LogP contribution in [0.3, 0.4) is 0 Å². The number of ether oxygens (including phenoxy) is 1. The van der Waals surface area contributed by atoms with Crippen molar-refractivity contribution in [2.24, 2.45) is 0 Å². The molecular formula is C20H27NO2. The lowest BCUT2D eigenvalue weighted by molar-refractivity contribution is 0.0656. The fourth-order valence-corrected chi connectivity index (χ4v) is 2.57. The van der Waals surface area contributed by atoms with E-state index in [1.807, 2.05) is 37.3 Å². The van der Waals surface area contributed by atoms with E-state index in [-0.39, 0.29) is 0 Å². The minimum absolute atomic E-state index is 0.318. The van der Waals surface area contributed by atoms with Crippen LogP contribution >= 0.6 is 0 Å². The van der Waals surface area contributed by atoms with E-state index < -0.39 is 6.10 Å². The second-order valence-corrected chi connectivity index (χ2v) is 6.00. The van der Waals surface area contributed by atoms with Crippen molar-refractivity contribution < 1.29 is 9.84 Å². The minimum atomic E-state index is -0.494. The highest BCUT2D eigenvalue weighted by Crippen LogP contribution is 2.12. The fraction of sp³-hybridized carbons (Fsp3) is 0.400. The summed E-state index contributed by atoms with van der Waals surface area (Å²) in [5.41, 5.74) is 2.47. The Hall–Kier alpha value is -1.84. The second kappa shape index (κ2) is 9.33. The first kappa shape index (κ1) is 17.5. The quantitative estimate of drug-likeness (QED) is 0.767. The zero-order valence-electron chi connectivity index (χ0n) is 14.1. The molecule has 23 heavy (non-hydrogen) atoms. The normalized spacial score (nSPS) is 12.3. The number of aliphatic hydroxyl groups is 1. The number of benzene rings is 2. The van der Waals surface area contributed by atoms with Crippen LogP contribution in [0.15, 0.2) is 54.6 Å². The Labute approximate surface area is 139 Å². The van der Waals surface area contributed by atoms with Crippen LogP contribution in [0.4, 0.5) is 0 Å². The van der Waals surface area contributed by atoms with Crippen molar-refractivity contribution in [2.45, 2.75) is 32.9 Å². The average Bonchev–Trinajstić information content (AvgIpc) is 2.55. The number of hydrogen-bond donors (Lipinski definition) is 1. The third kappa shape index (κ3) is 6.43. The van der Waals surface area contributed by atoms with Crippen molar-refractivity contribution in [2.75, 3.05) is 19.7 Å². The van der Waals surface area contributed by atoms with Crippen molar-refractivity contribution >= 4 is 0 Å². The summed E-state index contributed by atoms with van der Waals surface area (Å²) in [4.78, 5) is 2.28. The summed E-state index contributed by atoms with van der Waals surface area (Å²) in [5, 5.41) is 10.3. The zero-order chi connectivity index (χ0) is 16.5. The molecule has 0 aliphatic carbocycles. The lowest BCUT2D eigenvalue weighted by Gasteiger charge is -2.24. The molecule has 0 aromatic heterocycles. The predicted molar refractivity (Wildman–Crippen MR) is 94.7 cm³/mol. The van der Waals surface area contributed by atoms with Crippen molar-refractivity contribution in [3.8, 4) is 5.75 Å². The highest BCUT2D eigenvalue weighted by Gasteiger charge is 2.12. The maximum Gasteiger partial charge on any atom is 0.119 e. The molecule has 0 fully saturated rings. The second-order valence-electron chi connectivity index (χ2n) is 6.00. The van der Waals surface area contributed by atoms with E-state index in [0.717, 1.165) is 25.3 Å². The van der Waals surface area contributed by atoms with Crippen molar-refractivity contribution in [3.63, 3.8) is 0 Å². The third-order valence-corrected chi connectivity index (χ3v) is 3.72. The monoisotopic (exact) mass is 313 g/mol. The number of aliphatic hydroxyl groups excluding tert-OH is 1. The van der Waals surface area contributed by atoms with Gasteiger partial charge in [0.2, 0.25) is 0 Å². The van der Waals surface area contributed by atoms with Crippen LogP contribution in [0, 0.1) is 6.92 Å². The van der Waals surface area contributed by atoms with E-state index in [1.54, 1.807) is 0 Å². The Morgan fingerprint density at radius 3 is 2.39 bits per heavy atom. The molecule has 0 saturated heterocycles. The van der Waals surface area contributed by atoms with Gasteiger partial charge in [0.05, 0.1) is 0 Å². The lowest BCUT2D eigenvalue weighted by Crippen LogP contribution is -2.35. The van der Waals surface area contributed by atoms with Crippen molar-refractivity contribution in [1.29, 1.82) is 0 Å². The van der Waals surface area contributed by atoms with Gasteiger partial charge >= 0.3 is 0 Å². The summed E-state index contributed by atoms with van der Waals surface area (Å²) in [6, 6.07) is 18.3. The number of rotatable bonds is 9. The zero-order valence-corrected chi connectivity index (χ0v) is 14.1. The Bertz CT molecular complexity index is 554. The molecule has 0 spiro atoms. The van der Waals surface area contributed by atoms with Crippen LogP contribution in [0.1, 0.15) is 24.5 Å². The molecule has 0 unspecified atom stereocenters. The molecule has 0 amide bonds. The van der Waals surface area contributed by atoms with Crippen molar-refractivity contribution in [1.82, 2.24) is 4.90 Å². The highest BCUT2D eigenvalue weighted by molar-refractivity contribution is 5.26. The molecule has 2 rings (SSSR count). The molecule has 0 bridgehead atoms. The van der Waals surface area contributed by atoms with Crippen LogP contribution < -0.4 is 4.74 Å². The molecule has 1 atom stereocenters. The Morgan fingerprint density at radius 2 is 1.74 bits per heavy atom. The molecule has 124 valence electrons. The van der Waals surface area contributed by atoms with Gasteiger partial charge in [-0.15, -0.1) is 0 Å². The Morgan fingerprint density at radius 1 is 1.04 bits per heavy atom. The maximum atomic E-state index is 10.3. The first-order valence-corrected chi connectivity index (χ1v) is 8.31. The molecular weight excluding hydrogens is 286 g/mol. The standard InChI is InChI=1S/C20H27NO2/c1-3-13-21(14-18-7-5-4-6-8-18)15-19(22)16-23-20-11-9-17(2)10-12-20/h4-12,19,22H,3,13-16H2,1-2H3/t19-/m0/s1. The van der Waals surface area contributed by atoms with Crippen LogP contribution in [0.2, 0.25) is 0 Å². The summed E-state index contributed by atoms with van der Waals surface area (Å²) in [5.74, 6) is 0.805. The minimum Gasteiger partial charge on any atom is -0.491 e. The van der Waals surface area contributed by atoms with Gasteiger partial charge in [0, 0.05) is 13.1 Å². The van der Waals surface area contributed by atoms with Gasteiger partial charge in [-0.3, -0.25) is 4.90 Å². The van der Waals surface area contributed by atoms with Gasteiger partial charge in [-0.2, -0.15) is 0 Å². The Balaban J connectivity index is 1.82. The SMILES string of the molecule is CCCN(Cc1ccccc1)C[C@H](O)COc1ccc(C)cc1. The van der Waals surface area contributed by atoms with Gasteiger partial charge in [0.15, 0.2) is 0 Å². The molecule has 0 heterocycles. The molecule has 0 aliphatic heterocycles. The van der Waals surface area contributed by atoms with Gasteiger partial charge in [-0.25, -0.2) is 0 Å². The highest BCUT2D eigenvalue weighted by atomic mass is 16.5. The average molecular weight is 313 g/mol. The molecule has 0 saturated carbocycles. The molecule has 0 aliphatic rings. The first-order valence-electron chi connectivity index (χ1n) is 8.31. The van der Waals surface area contributed by atoms with Gasteiger partial charge in [-0.05, 0) is 37.6 Å². The molecule has 0 radical (unpaired) electrons. The number of hydrogen-bond acceptors (Lipinski definition) is 3. The summed E-state index contributed by atoms with van der Waals surface area (Å²) >= 11 is 0. The molecule has 2 aromatic carbocycles. The smallest absolute Gasteiger partial charge is 0.119 e. The van der Waals surface area contributed by atoms with Gasteiger partial charge in [-0.1, -0.05) is 55.0 Å². The predicted octanol–water partition coefficient (Wildman–Crippen LogP) is 3.65. The van der Waals surface area contributed by atoms with Crippen LogP contribution in [-0.4, -0.2) is 35.8 Å². The summed E-state index contributed by atoms with van der Waals surface area (Å²) < 4.78 is 5.68. The van der Waals surface area contributed by atoms with E-state index in [0.29, 0.717) is 13.2 Å². The number of aryl methyl sites for hydroxylation is 1. The Kier molecular flexibility index (Phi) is 7.11. The van der Waals surface area contributed by atoms with E-state index >= 15 is 0 Å². The molecule has 1 N–H and O–H groups in total. The van der Waals surface area contributed by atoms with Crippen molar-refractivity contribution in [3.05, 3.63) is 65.7 Å². The summed E-state index contributed by atoms with van der Waals surface area (Å²) in [7, 11) is 0.